The zero-order valence-corrected chi connectivity index (χ0v) is 9.66. The van der Waals surface area contributed by atoms with Crippen LogP contribution in [0.4, 0.5) is 0 Å². The zero-order chi connectivity index (χ0) is 11.5. The number of fused-ring (bicyclic) bond motifs is 1. The number of carbonyl (C=O) groups is 1. The number of esters is 1. The number of carbonyl (C=O) groups excluding carboxylic acids is 1. The number of hydrogen-bond donors (Lipinski definition) is 0. The third-order valence-corrected chi connectivity index (χ3v) is 3.75. The molecule has 16 heavy (non-hydrogen) atoms. The fourth-order valence-corrected chi connectivity index (χ4v) is 2.92. The maximum atomic E-state index is 11.6. The highest BCUT2D eigenvalue weighted by atomic mass is 16.5. The number of rotatable bonds is 2. The summed E-state index contributed by atoms with van der Waals surface area (Å²) >= 11 is 0. The van der Waals surface area contributed by atoms with Crippen LogP contribution in [0.1, 0.15) is 39.0 Å². The maximum Gasteiger partial charge on any atom is 0.348 e. The topological polar surface area (TPSA) is 50.1 Å². The first-order valence-electron chi connectivity index (χ1n) is 6.08. The summed E-state index contributed by atoms with van der Waals surface area (Å²) in [7, 11) is 0. The van der Waals surface area contributed by atoms with E-state index in [1.807, 2.05) is 6.07 Å². The fourth-order valence-electron chi connectivity index (χ4n) is 2.92. The Labute approximate surface area is 96.1 Å². The first kappa shape index (κ1) is 11.2. The van der Waals surface area contributed by atoms with Gasteiger partial charge in [-0.05, 0) is 43.6 Å². The molecule has 2 saturated carbocycles. The van der Waals surface area contributed by atoms with Crippen LogP contribution in [0.25, 0.3) is 0 Å². The molecular weight excluding hydrogens is 202 g/mol. The average molecular weight is 219 g/mol. The molecule has 0 saturated heterocycles. The average Bonchev–Trinajstić information content (AvgIpc) is 2.26. The van der Waals surface area contributed by atoms with Gasteiger partial charge in [-0.25, -0.2) is 4.79 Å². The van der Waals surface area contributed by atoms with Gasteiger partial charge in [0.1, 0.15) is 11.6 Å². The normalized spacial score (nSPS) is 30.8. The largest absolute Gasteiger partial charge is 0.462 e. The Kier molecular flexibility index (Phi) is 3.28. The predicted molar refractivity (Wildman–Crippen MR) is 59.3 cm³/mol. The summed E-state index contributed by atoms with van der Waals surface area (Å²) in [5, 5.41) is 9.04. The van der Waals surface area contributed by atoms with Crippen LogP contribution in [0, 0.1) is 23.2 Å². The molecule has 0 unspecified atom stereocenters. The van der Waals surface area contributed by atoms with Gasteiger partial charge in [0.25, 0.3) is 0 Å². The lowest BCUT2D eigenvalue weighted by Gasteiger charge is -2.43. The molecule has 0 amide bonds. The van der Waals surface area contributed by atoms with Gasteiger partial charge in [-0.1, -0.05) is 12.8 Å². The summed E-state index contributed by atoms with van der Waals surface area (Å²) in [5.74, 6) is 0.790. The van der Waals surface area contributed by atoms with Crippen LogP contribution in [-0.4, -0.2) is 12.6 Å². The third-order valence-electron chi connectivity index (χ3n) is 3.75. The van der Waals surface area contributed by atoms with E-state index in [0.717, 1.165) is 24.3 Å². The molecule has 0 aromatic rings. The Morgan fingerprint density at radius 3 is 2.88 bits per heavy atom. The molecule has 2 fully saturated rings. The van der Waals surface area contributed by atoms with Crippen molar-refractivity contribution in [1.82, 2.24) is 0 Å². The van der Waals surface area contributed by atoms with Crippen LogP contribution >= 0.6 is 0 Å². The number of allylic oxidation sites excluding steroid dienone is 1. The summed E-state index contributed by atoms with van der Waals surface area (Å²) in [5.41, 5.74) is 1.34. The number of nitrogens with zero attached hydrogens (tertiary/aromatic N) is 1. The third kappa shape index (κ3) is 1.84. The van der Waals surface area contributed by atoms with Gasteiger partial charge in [-0.2, -0.15) is 5.26 Å². The molecule has 2 aliphatic rings. The van der Waals surface area contributed by atoms with Crippen LogP contribution in [0.3, 0.4) is 0 Å². The van der Waals surface area contributed by atoms with Crippen molar-refractivity contribution in [1.29, 1.82) is 5.26 Å². The number of ether oxygens (including phenoxy) is 1. The molecule has 2 aliphatic carbocycles. The van der Waals surface area contributed by atoms with E-state index in [2.05, 4.69) is 0 Å². The van der Waals surface area contributed by atoms with Gasteiger partial charge >= 0.3 is 5.97 Å². The van der Waals surface area contributed by atoms with E-state index in [9.17, 15) is 4.79 Å². The lowest BCUT2D eigenvalue weighted by atomic mass is 9.61. The second kappa shape index (κ2) is 4.69. The fraction of sp³-hybridized carbons (Fsp3) is 0.692. The molecule has 0 aromatic carbocycles. The second-order valence-corrected chi connectivity index (χ2v) is 4.59. The van der Waals surface area contributed by atoms with Crippen molar-refractivity contribution in [3.8, 4) is 6.07 Å². The minimum atomic E-state index is -0.427. The molecule has 2 rings (SSSR count). The minimum absolute atomic E-state index is 0.282. The van der Waals surface area contributed by atoms with Crippen LogP contribution in [0.15, 0.2) is 11.1 Å². The molecule has 0 aromatic heterocycles. The Hall–Kier alpha value is -1.30. The van der Waals surface area contributed by atoms with Crippen molar-refractivity contribution in [2.45, 2.75) is 39.0 Å². The van der Waals surface area contributed by atoms with Crippen molar-refractivity contribution in [2.24, 2.45) is 11.8 Å². The summed E-state index contributed by atoms with van der Waals surface area (Å²) < 4.78 is 4.91. The molecule has 3 nitrogen and oxygen atoms in total. The van der Waals surface area contributed by atoms with Crippen molar-refractivity contribution < 1.29 is 9.53 Å². The summed E-state index contributed by atoms with van der Waals surface area (Å²) in [6.45, 7) is 2.10. The molecule has 0 heterocycles. The van der Waals surface area contributed by atoms with Crippen LogP contribution in [0.2, 0.25) is 0 Å². The molecule has 0 spiro atoms. The molecule has 3 heteroatoms. The quantitative estimate of drug-likeness (QED) is 0.407. The van der Waals surface area contributed by atoms with Crippen molar-refractivity contribution in [3.05, 3.63) is 11.1 Å². The Morgan fingerprint density at radius 2 is 2.25 bits per heavy atom. The van der Waals surface area contributed by atoms with E-state index in [1.165, 1.54) is 19.3 Å². The van der Waals surface area contributed by atoms with Crippen molar-refractivity contribution in [3.63, 3.8) is 0 Å². The van der Waals surface area contributed by atoms with E-state index in [-0.39, 0.29) is 5.57 Å². The van der Waals surface area contributed by atoms with Crippen molar-refractivity contribution >= 4 is 5.97 Å². The van der Waals surface area contributed by atoms with Gasteiger partial charge in [0, 0.05) is 0 Å². The Balaban J connectivity index is 2.14. The molecule has 86 valence electrons. The molecule has 0 radical (unpaired) electrons. The van der Waals surface area contributed by atoms with Crippen molar-refractivity contribution in [2.75, 3.05) is 6.61 Å². The molecule has 2 atom stereocenters. The highest BCUT2D eigenvalue weighted by Crippen LogP contribution is 2.50. The van der Waals surface area contributed by atoms with Crippen LogP contribution in [0.5, 0.6) is 0 Å². The molecule has 0 aliphatic heterocycles. The van der Waals surface area contributed by atoms with Gasteiger partial charge in [0.2, 0.25) is 0 Å². The van der Waals surface area contributed by atoms with Gasteiger partial charge in [-0.15, -0.1) is 0 Å². The highest BCUT2D eigenvalue weighted by molar-refractivity contribution is 5.94. The molecule has 0 N–H and O–H groups in total. The van der Waals surface area contributed by atoms with E-state index < -0.39 is 5.97 Å². The highest BCUT2D eigenvalue weighted by Gasteiger charge is 2.40. The monoisotopic (exact) mass is 219 g/mol. The zero-order valence-electron chi connectivity index (χ0n) is 9.66. The van der Waals surface area contributed by atoms with E-state index in [4.69, 9.17) is 10.00 Å². The summed E-state index contributed by atoms with van der Waals surface area (Å²) in [6, 6.07) is 2.03. The number of nitriles is 1. The minimum Gasteiger partial charge on any atom is -0.462 e. The van der Waals surface area contributed by atoms with Gasteiger partial charge in [-0.3, -0.25) is 0 Å². The van der Waals surface area contributed by atoms with E-state index in [0.29, 0.717) is 12.5 Å². The Bertz CT molecular complexity index is 365. The van der Waals surface area contributed by atoms with Gasteiger partial charge in [0.05, 0.1) is 6.61 Å². The van der Waals surface area contributed by atoms with Crippen LogP contribution < -0.4 is 0 Å². The lowest BCUT2D eigenvalue weighted by molar-refractivity contribution is -0.138. The first-order valence-corrected chi connectivity index (χ1v) is 6.08. The van der Waals surface area contributed by atoms with Gasteiger partial charge in [0.15, 0.2) is 0 Å². The maximum absolute atomic E-state index is 11.6. The first-order chi connectivity index (χ1) is 7.77. The summed E-state index contributed by atoms with van der Waals surface area (Å²) in [6.07, 6.45) is 5.87. The summed E-state index contributed by atoms with van der Waals surface area (Å²) in [4.78, 5) is 11.6. The van der Waals surface area contributed by atoms with E-state index in [1.54, 1.807) is 6.92 Å². The number of hydrogen-bond acceptors (Lipinski definition) is 3. The SMILES string of the molecule is CCOC(=O)/C(C#N)=C1\C[C@@H]2CCCC[C@H]12. The molecular formula is C13H17NO2. The van der Waals surface area contributed by atoms with Crippen LogP contribution in [-0.2, 0) is 9.53 Å². The second-order valence-electron chi connectivity index (χ2n) is 4.59. The molecule has 0 bridgehead atoms. The standard InChI is InChI=1S/C13H17NO2/c1-2-16-13(15)12(8-14)11-7-9-5-3-4-6-10(9)11/h9-10H,2-7H2,1H3/b12-11+/t9-,10-/m0/s1. The Morgan fingerprint density at radius 1 is 1.50 bits per heavy atom. The van der Waals surface area contributed by atoms with Gasteiger partial charge < -0.3 is 4.74 Å². The smallest absolute Gasteiger partial charge is 0.348 e. The van der Waals surface area contributed by atoms with E-state index >= 15 is 0 Å². The predicted octanol–water partition coefficient (Wildman–Crippen LogP) is 2.58. The lowest BCUT2D eigenvalue weighted by Crippen LogP contribution is -2.34.